The SMILES string of the molecule is Clc1c(N(c2ccccc2)c2ccccc2)cc(-n2c3ccccc3c3ccccc32)cc1N(c1ccccc1)c1ccc2c3ccc(N(c4ccccc4)c4cc(-n5c6ccccc6c6ccccc65)cc(N(c5ccccc5)c5ccccc5)c4Cl)cc3n(-c3ccccc3)c2c1. The molecule has 0 atom stereocenters. The van der Waals surface area contributed by atoms with Crippen molar-refractivity contribution in [3.8, 4) is 17.1 Å². The first kappa shape index (κ1) is 59.0. The Kier molecular flexibility index (Phi) is 14.9. The molecule has 15 aromatic carbocycles. The maximum absolute atomic E-state index is 8.30. The lowest BCUT2D eigenvalue weighted by atomic mass is 10.1. The second-order valence-electron chi connectivity index (χ2n) is 24.8. The van der Waals surface area contributed by atoms with Crippen molar-refractivity contribution >= 4 is 157 Å². The Morgan fingerprint density at radius 1 is 0.172 bits per heavy atom. The number of nitrogens with zero attached hydrogens (tertiary/aromatic N) is 7. The average molecular weight is 1310 g/mol. The van der Waals surface area contributed by atoms with Crippen LogP contribution in [0.15, 0.2) is 370 Å². The molecule has 0 aliphatic carbocycles. The highest BCUT2D eigenvalue weighted by atomic mass is 35.5. The van der Waals surface area contributed by atoms with Crippen LogP contribution in [-0.4, -0.2) is 13.7 Å². The van der Waals surface area contributed by atoms with E-state index in [1.165, 1.54) is 21.5 Å². The third kappa shape index (κ3) is 10.2. The summed E-state index contributed by atoms with van der Waals surface area (Å²) in [6.45, 7) is 0. The first-order valence-corrected chi connectivity index (χ1v) is 34.0. The summed E-state index contributed by atoms with van der Waals surface area (Å²) in [5.74, 6) is 0. The Hall–Kier alpha value is -12.5. The molecule has 0 aliphatic heterocycles. The molecule has 0 unspecified atom stereocenters. The molecule has 3 heterocycles. The normalized spacial score (nSPS) is 11.5. The van der Waals surface area contributed by atoms with E-state index in [9.17, 15) is 0 Å². The second kappa shape index (κ2) is 24.9. The van der Waals surface area contributed by atoms with Gasteiger partial charge in [-0.3, -0.25) is 0 Å². The van der Waals surface area contributed by atoms with Crippen LogP contribution >= 0.6 is 23.2 Å². The maximum Gasteiger partial charge on any atom is 0.0888 e. The molecule has 470 valence electrons. The molecule has 0 saturated carbocycles. The minimum absolute atomic E-state index is 0.574. The van der Waals surface area contributed by atoms with E-state index in [0.717, 1.165) is 129 Å². The number of aromatic nitrogens is 3. The summed E-state index contributed by atoms with van der Waals surface area (Å²) in [7, 11) is 0. The van der Waals surface area contributed by atoms with Crippen LogP contribution in [0, 0.1) is 0 Å². The summed E-state index contributed by atoms with van der Waals surface area (Å²) in [5.41, 5.74) is 20.2. The van der Waals surface area contributed by atoms with Crippen LogP contribution in [0.1, 0.15) is 0 Å². The molecular formula is C90H61Cl2N7. The molecule has 9 heteroatoms. The average Bonchev–Trinajstić information content (AvgIpc) is 1.15. The number of benzene rings is 15. The van der Waals surface area contributed by atoms with Gasteiger partial charge in [-0.05, 0) is 158 Å². The molecule has 3 aromatic heterocycles. The minimum atomic E-state index is 0.574. The molecule has 0 bridgehead atoms. The highest BCUT2D eigenvalue weighted by molar-refractivity contribution is 6.38. The van der Waals surface area contributed by atoms with Crippen molar-refractivity contribution < 1.29 is 0 Å². The third-order valence-corrected chi connectivity index (χ3v) is 19.8. The summed E-state index contributed by atoms with van der Waals surface area (Å²) in [6.07, 6.45) is 0. The molecule has 0 aliphatic rings. The third-order valence-electron chi connectivity index (χ3n) is 19.0. The molecule has 18 aromatic rings. The summed E-state index contributed by atoms with van der Waals surface area (Å²) in [4.78, 5) is 9.20. The zero-order valence-electron chi connectivity index (χ0n) is 53.6. The smallest absolute Gasteiger partial charge is 0.0888 e. The van der Waals surface area contributed by atoms with E-state index in [1.807, 2.05) is 0 Å². The quantitative estimate of drug-likeness (QED) is 0.102. The lowest BCUT2D eigenvalue weighted by Crippen LogP contribution is -2.15. The zero-order valence-corrected chi connectivity index (χ0v) is 55.1. The monoisotopic (exact) mass is 1310 g/mol. The van der Waals surface area contributed by atoms with Gasteiger partial charge in [0.25, 0.3) is 0 Å². The maximum atomic E-state index is 8.30. The van der Waals surface area contributed by atoms with Crippen molar-refractivity contribution in [3.63, 3.8) is 0 Å². The zero-order chi connectivity index (χ0) is 65.9. The second-order valence-corrected chi connectivity index (χ2v) is 25.5. The number of rotatable bonds is 15. The standard InChI is InChI=1S/C90H61Cl2N7/c91-89-85(93(62-30-8-1-9-31-62)63-32-10-2-11-33-63)58-71(98-79-48-26-22-44-73(79)74-45-23-27-49-80(74)98)60-87(89)95(66-38-16-5-17-39-66)69-52-54-77-78-55-53-70(57-84(78)97(83(77)56-69)68-42-20-7-21-43-68)96(67-40-18-6-19-41-67)88-61-72(99-81-50-28-24-46-75(81)76-47-25-29-51-82(76)99)59-86(90(88)92)94(64-34-12-3-13-35-64)65-36-14-4-15-37-65/h1-61H. The van der Waals surface area contributed by atoms with Gasteiger partial charge in [0, 0.05) is 83.5 Å². The summed E-state index contributed by atoms with van der Waals surface area (Å²) in [5, 5.41) is 8.00. The van der Waals surface area contributed by atoms with E-state index < -0.39 is 0 Å². The van der Waals surface area contributed by atoms with E-state index in [-0.39, 0.29) is 0 Å². The van der Waals surface area contributed by atoms with Crippen molar-refractivity contribution in [2.75, 3.05) is 19.6 Å². The predicted octanol–water partition coefficient (Wildman–Crippen LogP) is 26.2. The van der Waals surface area contributed by atoms with Crippen LogP contribution in [0.2, 0.25) is 10.0 Å². The van der Waals surface area contributed by atoms with Gasteiger partial charge in [0.15, 0.2) is 0 Å². The van der Waals surface area contributed by atoms with Gasteiger partial charge in [-0.25, -0.2) is 0 Å². The molecule has 0 amide bonds. The Morgan fingerprint density at radius 3 is 0.657 bits per heavy atom. The van der Waals surface area contributed by atoms with Crippen molar-refractivity contribution in [3.05, 3.63) is 380 Å². The molecule has 7 nitrogen and oxygen atoms in total. The van der Waals surface area contributed by atoms with Gasteiger partial charge in [0.1, 0.15) is 0 Å². The largest absolute Gasteiger partial charge is 0.309 e. The Labute approximate surface area is 583 Å². The van der Waals surface area contributed by atoms with Crippen molar-refractivity contribution in [2.24, 2.45) is 0 Å². The van der Waals surface area contributed by atoms with Crippen LogP contribution in [-0.2, 0) is 0 Å². The number of para-hydroxylation sites is 11. The number of hydrogen-bond acceptors (Lipinski definition) is 4. The molecule has 99 heavy (non-hydrogen) atoms. The highest BCUT2D eigenvalue weighted by Gasteiger charge is 2.30. The van der Waals surface area contributed by atoms with Gasteiger partial charge in [0.05, 0.1) is 77.3 Å². The topological polar surface area (TPSA) is 27.8 Å². The molecule has 0 spiro atoms. The Morgan fingerprint density at radius 2 is 0.384 bits per heavy atom. The van der Waals surface area contributed by atoms with Crippen molar-refractivity contribution in [2.45, 2.75) is 0 Å². The molecule has 0 radical (unpaired) electrons. The molecular weight excluding hydrogens is 1250 g/mol. The van der Waals surface area contributed by atoms with Crippen LogP contribution in [0.5, 0.6) is 0 Å². The highest BCUT2D eigenvalue weighted by Crippen LogP contribution is 2.53. The van der Waals surface area contributed by atoms with E-state index in [4.69, 9.17) is 23.2 Å². The first-order chi connectivity index (χ1) is 49.0. The van der Waals surface area contributed by atoms with E-state index in [2.05, 4.69) is 403 Å². The van der Waals surface area contributed by atoms with Crippen molar-refractivity contribution in [1.82, 2.24) is 13.7 Å². The van der Waals surface area contributed by atoms with Crippen LogP contribution in [0.3, 0.4) is 0 Å². The van der Waals surface area contributed by atoms with Crippen LogP contribution in [0.25, 0.3) is 82.5 Å². The fourth-order valence-corrected chi connectivity index (χ4v) is 15.3. The first-order valence-electron chi connectivity index (χ1n) is 33.3. The van der Waals surface area contributed by atoms with Crippen LogP contribution in [0.4, 0.5) is 68.2 Å². The van der Waals surface area contributed by atoms with E-state index >= 15 is 0 Å². The summed E-state index contributed by atoms with van der Waals surface area (Å²) >= 11 is 16.6. The number of halogens is 2. The van der Waals surface area contributed by atoms with Crippen molar-refractivity contribution in [1.29, 1.82) is 0 Å². The fourth-order valence-electron chi connectivity index (χ4n) is 14.8. The lowest BCUT2D eigenvalue weighted by molar-refractivity contribution is 1.15. The molecule has 0 N–H and O–H groups in total. The summed E-state index contributed by atoms with van der Waals surface area (Å²) < 4.78 is 7.18. The molecule has 0 fully saturated rings. The fraction of sp³-hybridized carbons (Fsp3) is 0. The summed E-state index contributed by atoms with van der Waals surface area (Å²) in [6, 6.07) is 131. The van der Waals surface area contributed by atoms with Gasteiger partial charge in [0.2, 0.25) is 0 Å². The number of anilines is 12. The van der Waals surface area contributed by atoms with E-state index in [0.29, 0.717) is 10.0 Å². The van der Waals surface area contributed by atoms with Gasteiger partial charge in [-0.2, -0.15) is 0 Å². The van der Waals surface area contributed by atoms with Gasteiger partial charge < -0.3 is 33.3 Å². The lowest BCUT2D eigenvalue weighted by Gasteiger charge is -2.32. The number of fused-ring (bicyclic) bond motifs is 9. The Bertz CT molecular complexity index is 5480. The Balaban J connectivity index is 0.883. The van der Waals surface area contributed by atoms with Crippen LogP contribution < -0.4 is 19.6 Å². The minimum Gasteiger partial charge on any atom is -0.309 e. The van der Waals surface area contributed by atoms with Gasteiger partial charge in [-0.1, -0.05) is 236 Å². The van der Waals surface area contributed by atoms with Gasteiger partial charge in [-0.15, -0.1) is 0 Å². The predicted molar refractivity (Wildman–Crippen MR) is 418 cm³/mol. The van der Waals surface area contributed by atoms with Gasteiger partial charge >= 0.3 is 0 Å². The molecule has 18 rings (SSSR count). The molecule has 0 saturated heterocycles. The number of hydrogen-bond donors (Lipinski definition) is 0. The van der Waals surface area contributed by atoms with E-state index in [1.54, 1.807) is 0 Å².